The summed E-state index contributed by atoms with van der Waals surface area (Å²) in [5.74, 6) is 2.20. The zero-order chi connectivity index (χ0) is 15.2. The van der Waals surface area contributed by atoms with E-state index < -0.39 is 0 Å². The number of amides is 1. The number of hydrogen-bond donors (Lipinski definition) is 3. The highest BCUT2D eigenvalue weighted by Gasteiger charge is 2.18. The molecule has 1 aromatic carbocycles. The van der Waals surface area contributed by atoms with Crippen molar-refractivity contribution in [2.24, 2.45) is 0 Å². The highest BCUT2D eigenvalue weighted by atomic mass is 32.2. The van der Waals surface area contributed by atoms with E-state index in [1.54, 1.807) is 0 Å². The van der Waals surface area contributed by atoms with Crippen LogP contribution in [-0.2, 0) is 0 Å². The van der Waals surface area contributed by atoms with Crippen LogP contribution in [0.25, 0.3) is 0 Å². The number of benzene rings is 1. The van der Waals surface area contributed by atoms with Gasteiger partial charge in [0.05, 0.1) is 4.58 Å². The third-order valence-corrected chi connectivity index (χ3v) is 6.10. The van der Waals surface area contributed by atoms with Crippen molar-refractivity contribution in [3.05, 3.63) is 35.4 Å². The van der Waals surface area contributed by atoms with Gasteiger partial charge in [0.2, 0.25) is 0 Å². The first kappa shape index (κ1) is 16.5. The Morgan fingerprint density at radius 2 is 1.81 bits per heavy atom. The maximum atomic E-state index is 12.0. The molecule has 1 amide bonds. The third-order valence-electron chi connectivity index (χ3n) is 2.78. The van der Waals surface area contributed by atoms with E-state index in [0.717, 1.165) is 0 Å². The maximum Gasteiger partial charge on any atom is 0.269 e. The van der Waals surface area contributed by atoms with Gasteiger partial charge in [0, 0.05) is 23.1 Å². The van der Waals surface area contributed by atoms with Crippen LogP contribution in [0, 0.1) is 0 Å². The maximum absolute atomic E-state index is 12.0. The molecule has 4 nitrogen and oxygen atoms in total. The molecule has 1 aliphatic rings. The zero-order valence-corrected chi connectivity index (χ0v) is 14.5. The number of thiocarbonyl (C=S) groups is 1. The van der Waals surface area contributed by atoms with E-state index >= 15 is 0 Å². The molecule has 0 aromatic heterocycles. The van der Waals surface area contributed by atoms with Crippen LogP contribution in [-0.4, -0.2) is 28.6 Å². The standard InChI is InChI=1S/C14H19N3OS3/c1-9(2)15-14(19)17-16-12(18)10-3-5-11(6-4-10)13-20-7-8-21-13/h3-6,9,13H,7-8H2,1-2H3,(H,16,18)(H2,15,17,19). The van der Waals surface area contributed by atoms with Crippen LogP contribution in [0.4, 0.5) is 0 Å². The number of nitrogens with one attached hydrogen (secondary N) is 3. The summed E-state index contributed by atoms with van der Waals surface area (Å²) >= 11 is 8.96. The van der Waals surface area contributed by atoms with Gasteiger partial charge in [-0.3, -0.25) is 15.6 Å². The summed E-state index contributed by atoms with van der Waals surface area (Å²) in [6, 6.07) is 7.98. The molecule has 21 heavy (non-hydrogen) atoms. The Kier molecular flexibility index (Phi) is 6.20. The molecule has 0 spiro atoms. The molecule has 1 aromatic rings. The predicted molar refractivity (Wildman–Crippen MR) is 95.6 cm³/mol. The summed E-state index contributed by atoms with van der Waals surface area (Å²) in [7, 11) is 0. The molecule has 0 radical (unpaired) electrons. The minimum atomic E-state index is -0.193. The summed E-state index contributed by atoms with van der Waals surface area (Å²) in [6.45, 7) is 3.96. The molecule has 0 bridgehead atoms. The lowest BCUT2D eigenvalue weighted by Crippen LogP contribution is -2.48. The summed E-state index contributed by atoms with van der Waals surface area (Å²) < 4.78 is 0.503. The molecule has 0 saturated carbocycles. The molecular formula is C14H19N3OS3. The van der Waals surface area contributed by atoms with Gasteiger partial charge in [-0.2, -0.15) is 0 Å². The van der Waals surface area contributed by atoms with E-state index in [1.807, 2.05) is 61.6 Å². The normalized spacial score (nSPS) is 15.0. The largest absolute Gasteiger partial charge is 0.359 e. The minimum absolute atomic E-state index is 0.193. The van der Waals surface area contributed by atoms with Gasteiger partial charge >= 0.3 is 0 Å². The topological polar surface area (TPSA) is 53.2 Å². The fourth-order valence-electron chi connectivity index (χ4n) is 1.83. The number of carbonyl (C=O) groups excluding carboxylic acids is 1. The fourth-order valence-corrected chi connectivity index (χ4v) is 4.97. The average molecular weight is 342 g/mol. The molecule has 1 saturated heterocycles. The molecular weight excluding hydrogens is 322 g/mol. The van der Waals surface area contributed by atoms with Gasteiger partial charge in [0.25, 0.3) is 5.91 Å². The highest BCUT2D eigenvalue weighted by molar-refractivity contribution is 8.19. The van der Waals surface area contributed by atoms with Crippen molar-refractivity contribution in [2.75, 3.05) is 11.5 Å². The van der Waals surface area contributed by atoms with Gasteiger partial charge in [-0.1, -0.05) is 12.1 Å². The predicted octanol–water partition coefficient (Wildman–Crippen LogP) is 2.68. The Morgan fingerprint density at radius 1 is 1.19 bits per heavy atom. The van der Waals surface area contributed by atoms with Crippen molar-refractivity contribution in [3.63, 3.8) is 0 Å². The van der Waals surface area contributed by atoms with E-state index in [-0.39, 0.29) is 11.9 Å². The number of carbonyl (C=O) groups is 1. The van der Waals surface area contributed by atoms with Crippen LogP contribution in [0.1, 0.15) is 34.4 Å². The van der Waals surface area contributed by atoms with Crippen LogP contribution in [0.5, 0.6) is 0 Å². The highest BCUT2D eigenvalue weighted by Crippen LogP contribution is 2.45. The van der Waals surface area contributed by atoms with Crippen LogP contribution in [0.15, 0.2) is 24.3 Å². The monoisotopic (exact) mass is 341 g/mol. The molecule has 0 atom stereocenters. The average Bonchev–Trinajstić information content (AvgIpc) is 2.98. The molecule has 3 N–H and O–H groups in total. The molecule has 2 rings (SSSR count). The lowest BCUT2D eigenvalue weighted by Gasteiger charge is -2.14. The Hall–Kier alpha value is -0.920. The van der Waals surface area contributed by atoms with E-state index in [9.17, 15) is 4.79 Å². The van der Waals surface area contributed by atoms with Crippen molar-refractivity contribution in [3.8, 4) is 0 Å². The second-order valence-corrected chi connectivity index (χ2v) is 8.04. The molecule has 0 aliphatic carbocycles. The minimum Gasteiger partial charge on any atom is -0.359 e. The molecule has 1 heterocycles. The lowest BCUT2D eigenvalue weighted by molar-refractivity contribution is 0.0943. The summed E-state index contributed by atoms with van der Waals surface area (Å²) in [5.41, 5.74) is 7.17. The summed E-state index contributed by atoms with van der Waals surface area (Å²) in [6.07, 6.45) is 0. The molecule has 0 unspecified atom stereocenters. The summed E-state index contributed by atoms with van der Waals surface area (Å²) in [5, 5.41) is 3.41. The van der Waals surface area contributed by atoms with Crippen LogP contribution < -0.4 is 16.2 Å². The van der Waals surface area contributed by atoms with Crippen molar-refractivity contribution >= 4 is 46.8 Å². The van der Waals surface area contributed by atoms with Crippen LogP contribution in [0.2, 0.25) is 0 Å². The van der Waals surface area contributed by atoms with Gasteiger partial charge in [-0.25, -0.2) is 0 Å². The van der Waals surface area contributed by atoms with Crippen molar-refractivity contribution in [1.29, 1.82) is 0 Å². The fraction of sp³-hybridized carbons (Fsp3) is 0.429. The van der Waals surface area contributed by atoms with Gasteiger partial charge in [0.1, 0.15) is 0 Å². The van der Waals surface area contributed by atoms with Gasteiger partial charge in [0.15, 0.2) is 5.11 Å². The second-order valence-electron chi connectivity index (χ2n) is 4.90. The molecule has 114 valence electrons. The third kappa shape index (κ3) is 5.09. The number of thioether (sulfide) groups is 2. The van der Waals surface area contributed by atoms with Gasteiger partial charge in [-0.15, -0.1) is 23.5 Å². The Labute approximate surface area is 139 Å². The molecule has 1 fully saturated rings. The smallest absolute Gasteiger partial charge is 0.269 e. The summed E-state index contributed by atoms with van der Waals surface area (Å²) in [4.78, 5) is 12.0. The number of hydrogen-bond acceptors (Lipinski definition) is 4. The van der Waals surface area contributed by atoms with E-state index in [2.05, 4.69) is 16.2 Å². The Morgan fingerprint density at radius 3 is 2.38 bits per heavy atom. The van der Waals surface area contributed by atoms with Crippen LogP contribution >= 0.6 is 35.7 Å². The van der Waals surface area contributed by atoms with Crippen molar-refractivity contribution in [1.82, 2.24) is 16.2 Å². The first-order valence-electron chi connectivity index (χ1n) is 6.76. The van der Waals surface area contributed by atoms with Crippen molar-refractivity contribution in [2.45, 2.75) is 24.5 Å². The van der Waals surface area contributed by atoms with Gasteiger partial charge in [-0.05, 0) is 43.8 Å². The number of hydrazine groups is 1. The zero-order valence-electron chi connectivity index (χ0n) is 12.0. The lowest BCUT2D eigenvalue weighted by atomic mass is 10.1. The number of rotatable bonds is 3. The first-order valence-corrected chi connectivity index (χ1v) is 9.27. The Balaban J connectivity index is 1.86. The van der Waals surface area contributed by atoms with E-state index in [0.29, 0.717) is 15.3 Å². The van der Waals surface area contributed by atoms with Crippen LogP contribution in [0.3, 0.4) is 0 Å². The first-order chi connectivity index (χ1) is 10.1. The Bertz CT molecular complexity index is 499. The quantitative estimate of drug-likeness (QED) is 0.580. The SMILES string of the molecule is CC(C)NC(=S)NNC(=O)c1ccc(C2SCCS2)cc1. The van der Waals surface area contributed by atoms with E-state index in [4.69, 9.17) is 12.2 Å². The molecule has 7 heteroatoms. The van der Waals surface area contributed by atoms with Gasteiger partial charge < -0.3 is 5.32 Å². The van der Waals surface area contributed by atoms with Crippen molar-refractivity contribution < 1.29 is 4.79 Å². The van der Waals surface area contributed by atoms with E-state index in [1.165, 1.54) is 17.1 Å². The molecule has 1 aliphatic heterocycles. The second kappa shape index (κ2) is 7.91.